The number of nitrogens with zero attached hydrogens (tertiary/aromatic N) is 4. The van der Waals surface area contributed by atoms with Crippen molar-refractivity contribution in [2.45, 2.75) is 6.17 Å². The smallest absolute Gasteiger partial charge is 0.145 e. The third-order valence-electron chi connectivity index (χ3n) is 15.6. The zero-order valence-corrected chi connectivity index (χ0v) is 44.4. The second kappa shape index (κ2) is 19.9. The number of imidazole rings is 1. The SMILES string of the molecule is c1ccc(-c2nc3cccc(-c4cccc(-c5ccc(N(c6ccc(-c7cccc(-c8cccc9c8N(c8ccccc8)C(c8ccccc8)N9)c7)cc6)c6ccc7c(c6)sc6ccccc67)cc5)c4)c3n2-c2ccccc2)cc1. The number of benzene rings is 12. The van der Waals surface area contributed by atoms with Gasteiger partial charge in [-0.3, -0.25) is 4.57 Å². The molecule has 0 radical (unpaired) electrons. The highest BCUT2D eigenvalue weighted by Gasteiger charge is 2.33. The molecule has 5 nitrogen and oxygen atoms in total. The molecule has 12 aromatic carbocycles. The van der Waals surface area contributed by atoms with Crippen molar-refractivity contribution < 1.29 is 0 Å². The second-order valence-corrected chi connectivity index (χ2v) is 21.5. The van der Waals surface area contributed by atoms with Crippen LogP contribution in [0.1, 0.15) is 11.7 Å². The molecule has 0 saturated carbocycles. The molecule has 15 rings (SSSR count). The van der Waals surface area contributed by atoms with Crippen molar-refractivity contribution in [2.24, 2.45) is 0 Å². The van der Waals surface area contributed by atoms with Gasteiger partial charge in [0, 0.05) is 65.3 Å². The van der Waals surface area contributed by atoms with Crippen LogP contribution in [0.4, 0.5) is 34.1 Å². The van der Waals surface area contributed by atoms with Gasteiger partial charge in [-0.25, -0.2) is 4.98 Å². The van der Waals surface area contributed by atoms with E-state index in [1.165, 1.54) is 37.0 Å². The summed E-state index contributed by atoms with van der Waals surface area (Å²) >= 11 is 1.85. The van der Waals surface area contributed by atoms with E-state index in [1.807, 2.05) is 11.3 Å². The van der Waals surface area contributed by atoms with Gasteiger partial charge in [-0.15, -0.1) is 11.3 Å². The minimum Gasteiger partial charge on any atom is -0.359 e. The van der Waals surface area contributed by atoms with Gasteiger partial charge in [0.25, 0.3) is 0 Å². The molecule has 1 aliphatic rings. The van der Waals surface area contributed by atoms with Crippen molar-refractivity contribution in [1.82, 2.24) is 9.55 Å². The summed E-state index contributed by atoms with van der Waals surface area (Å²) in [5.41, 5.74) is 21.3. The second-order valence-electron chi connectivity index (χ2n) is 20.4. The van der Waals surface area contributed by atoms with Crippen LogP contribution in [0.5, 0.6) is 0 Å². The summed E-state index contributed by atoms with van der Waals surface area (Å²) in [4.78, 5) is 10.1. The lowest BCUT2D eigenvalue weighted by atomic mass is 9.96. The fourth-order valence-electron chi connectivity index (χ4n) is 11.8. The fraction of sp³-hybridized carbons (Fsp3) is 0.0135. The Morgan fingerprint density at radius 2 is 0.900 bits per heavy atom. The Bertz CT molecular complexity index is 4550. The molecule has 0 amide bonds. The van der Waals surface area contributed by atoms with Crippen molar-refractivity contribution in [3.8, 4) is 61.6 Å². The van der Waals surface area contributed by atoms with E-state index in [1.54, 1.807) is 0 Å². The summed E-state index contributed by atoms with van der Waals surface area (Å²) in [7, 11) is 0. The van der Waals surface area contributed by atoms with E-state index in [0.717, 1.165) is 95.5 Å². The number of thiophene rings is 1. The van der Waals surface area contributed by atoms with E-state index in [-0.39, 0.29) is 6.17 Å². The molecule has 1 unspecified atom stereocenters. The molecular weight excluding hydrogens is 991 g/mol. The summed E-state index contributed by atoms with van der Waals surface area (Å²) in [6.45, 7) is 0. The van der Waals surface area contributed by atoms with Crippen LogP contribution in [-0.2, 0) is 0 Å². The lowest BCUT2D eigenvalue weighted by Crippen LogP contribution is -2.23. The monoisotopic (exact) mass is 1040 g/mol. The molecule has 1 N–H and O–H groups in total. The summed E-state index contributed by atoms with van der Waals surface area (Å²) < 4.78 is 4.87. The summed E-state index contributed by atoms with van der Waals surface area (Å²) in [6.07, 6.45) is -0.0477. The lowest BCUT2D eigenvalue weighted by molar-refractivity contribution is 0.829. The van der Waals surface area contributed by atoms with Crippen LogP contribution < -0.4 is 15.1 Å². The van der Waals surface area contributed by atoms with E-state index in [2.05, 4.69) is 317 Å². The van der Waals surface area contributed by atoms with Crippen LogP contribution in [0.3, 0.4) is 0 Å². The minimum absolute atomic E-state index is 0.0477. The van der Waals surface area contributed by atoms with Crippen LogP contribution in [0, 0.1) is 0 Å². The van der Waals surface area contributed by atoms with Gasteiger partial charge in [0.2, 0.25) is 0 Å². The van der Waals surface area contributed by atoms with E-state index in [0.29, 0.717) is 0 Å². The molecule has 6 heteroatoms. The molecular formula is C74H51N5S. The molecule has 3 heterocycles. The molecule has 0 aliphatic carbocycles. The Balaban J connectivity index is 0.784. The minimum atomic E-state index is -0.0477. The highest BCUT2D eigenvalue weighted by molar-refractivity contribution is 7.25. The Morgan fingerprint density at radius 3 is 1.59 bits per heavy atom. The van der Waals surface area contributed by atoms with Gasteiger partial charge in [0.1, 0.15) is 12.0 Å². The van der Waals surface area contributed by atoms with Crippen molar-refractivity contribution in [1.29, 1.82) is 0 Å². The quantitative estimate of drug-likeness (QED) is 0.140. The zero-order valence-electron chi connectivity index (χ0n) is 43.6. The number of rotatable bonds is 11. The first kappa shape index (κ1) is 47.0. The summed E-state index contributed by atoms with van der Waals surface area (Å²) in [5.74, 6) is 0.920. The molecule has 80 heavy (non-hydrogen) atoms. The predicted octanol–water partition coefficient (Wildman–Crippen LogP) is 20.5. The van der Waals surface area contributed by atoms with Crippen LogP contribution in [0.25, 0.3) is 92.8 Å². The zero-order chi connectivity index (χ0) is 52.9. The van der Waals surface area contributed by atoms with Gasteiger partial charge in [0.15, 0.2) is 0 Å². The summed E-state index contributed by atoms with van der Waals surface area (Å²) in [6, 6.07) is 107. The van der Waals surface area contributed by atoms with E-state index in [4.69, 9.17) is 4.98 Å². The number of hydrogen-bond donors (Lipinski definition) is 1. The molecule has 0 saturated heterocycles. The number of anilines is 6. The Labute approximate surface area is 469 Å². The topological polar surface area (TPSA) is 36.3 Å². The van der Waals surface area contributed by atoms with Gasteiger partial charge < -0.3 is 15.1 Å². The number of hydrogen-bond acceptors (Lipinski definition) is 5. The molecule has 1 atom stereocenters. The first-order valence-corrected chi connectivity index (χ1v) is 28.0. The molecule has 0 bridgehead atoms. The van der Waals surface area contributed by atoms with Crippen molar-refractivity contribution >= 4 is 76.7 Å². The van der Waals surface area contributed by atoms with Gasteiger partial charge in [-0.05, 0) is 130 Å². The van der Waals surface area contributed by atoms with Crippen molar-refractivity contribution in [3.63, 3.8) is 0 Å². The maximum Gasteiger partial charge on any atom is 0.145 e. The molecule has 2 aromatic heterocycles. The predicted molar refractivity (Wildman–Crippen MR) is 337 cm³/mol. The maximum atomic E-state index is 5.25. The first-order valence-electron chi connectivity index (χ1n) is 27.2. The standard InChI is InChI=1S/C74H51N5S/c1-5-19-52(20-6-1)73-75-67-34-17-32-63(71(67)78(73)58-27-9-3-10-28-58)56-25-15-23-54(47-56)50-37-41-60(42-38-50)77(62-45-46-66-65-31-13-14-36-69(65)80-70(66)49-62)61-43-39-51(40-44-61)55-24-16-26-57(48-55)64-33-18-35-68-72(64)79(59-29-11-4-12-30-59)74(76-68)53-21-7-2-8-22-53/h1-49,73,75H. The van der Waals surface area contributed by atoms with Crippen LogP contribution >= 0.6 is 11.3 Å². The van der Waals surface area contributed by atoms with E-state index >= 15 is 0 Å². The van der Waals surface area contributed by atoms with Gasteiger partial charge in [0.05, 0.1) is 22.4 Å². The molecule has 0 fully saturated rings. The fourth-order valence-corrected chi connectivity index (χ4v) is 13.0. The average Bonchev–Trinajstić information content (AvgIpc) is 4.29. The third-order valence-corrected chi connectivity index (χ3v) is 16.7. The number of para-hydroxylation sites is 4. The van der Waals surface area contributed by atoms with Gasteiger partial charge >= 0.3 is 0 Å². The highest BCUT2D eigenvalue weighted by Crippen LogP contribution is 2.51. The van der Waals surface area contributed by atoms with Crippen molar-refractivity contribution in [3.05, 3.63) is 303 Å². The lowest BCUT2D eigenvalue weighted by Gasteiger charge is -2.28. The Morgan fingerprint density at radius 1 is 0.375 bits per heavy atom. The maximum absolute atomic E-state index is 5.25. The molecule has 0 spiro atoms. The third kappa shape index (κ3) is 8.38. The Kier molecular flexibility index (Phi) is 11.7. The first-order chi connectivity index (χ1) is 39.7. The molecule has 1 aliphatic heterocycles. The normalized spacial score (nSPS) is 12.9. The van der Waals surface area contributed by atoms with Gasteiger partial charge in [-0.1, -0.05) is 206 Å². The highest BCUT2D eigenvalue weighted by atomic mass is 32.1. The average molecular weight is 1040 g/mol. The van der Waals surface area contributed by atoms with Crippen LogP contribution in [0.2, 0.25) is 0 Å². The number of nitrogens with one attached hydrogen (secondary N) is 1. The van der Waals surface area contributed by atoms with Crippen LogP contribution in [-0.4, -0.2) is 9.55 Å². The van der Waals surface area contributed by atoms with Gasteiger partial charge in [-0.2, -0.15) is 0 Å². The molecule has 14 aromatic rings. The van der Waals surface area contributed by atoms with Crippen LogP contribution in [0.15, 0.2) is 297 Å². The molecule has 378 valence electrons. The van der Waals surface area contributed by atoms with Crippen molar-refractivity contribution in [2.75, 3.05) is 15.1 Å². The summed E-state index contributed by atoms with van der Waals surface area (Å²) in [5, 5.41) is 6.44. The van der Waals surface area contributed by atoms with E-state index < -0.39 is 0 Å². The number of aromatic nitrogens is 2. The Hall–Kier alpha value is -10.3. The number of fused-ring (bicyclic) bond motifs is 5. The van der Waals surface area contributed by atoms with E-state index in [9.17, 15) is 0 Å². The largest absolute Gasteiger partial charge is 0.359 e.